The molecule has 3 heterocycles. The van der Waals surface area contributed by atoms with Crippen LogP contribution in [0.3, 0.4) is 0 Å². The van der Waals surface area contributed by atoms with E-state index in [0.29, 0.717) is 17.7 Å². The average Bonchev–Trinajstić information content (AvgIpc) is 3.50. The van der Waals surface area contributed by atoms with Crippen molar-refractivity contribution in [3.8, 4) is 0 Å². The van der Waals surface area contributed by atoms with Crippen LogP contribution in [0.1, 0.15) is 33.3 Å². The molecule has 31 heavy (non-hydrogen) atoms. The number of hydrogen-bond donors (Lipinski definition) is 0. The van der Waals surface area contributed by atoms with E-state index in [1.54, 1.807) is 35.6 Å². The molecular formula is C23H16BrN3O3S. The third kappa shape index (κ3) is 3.51. The van der Waals surface area contributed by atoms with Gasteiger partial charge in [0, 0.05) is 15.8 Å². The van der Waals surface area contributed by atoms with E-state index in [2.05, 4.69) is 21.0 Å². The van der Waals surface area contributed by atoms with Crippen LogP contribution in [0.2, 0.25) is 0 Å². The molecule has 0 N–H and O–H groups in total. The van der Waals surface area contributed by atoms with Crippen molar-refractivity contribution in [3.63, 3.8) is 0 Å². The Bertz CT molecular complexity index is 1240. The summed E-state index contributed by atoms with van der Waals surface area (Å²) in [6.45, 7) is -0.237. The highest BCUT2D eigenvalue weighted by Gasteiger charge is 2.40. The minimum absolute atomic E-state index is 0.237. The molecule has 154 valence electrons. The number of Topliss-reactive ketones (excluding diaryl/α,β-unsaturated/α-hetero) is 1. The second kappa shape index (κ2) is 7.86. The SMILES string of the molecule is O=C1C(=O)N(CC(=O)N2N=C(c3cccc(Br)c3)CC2c2cccs2)c2ccccc21. The van der Waals surface area contributed by atoms with Crippen LogP contribution in [0.25, 0.3) is 0 Å². The van der Waals surface area contributed by atoms with Gasteiger partial charge in [-0.05, 0) is 41.3 Å². The van der Waals surface area contributed by atoms with E-state index < -0.39 is 11.7 Å². The van der Waals surface area contributed by atoms with E-state index in [9.17, 15) is 14.4 Å². The number of thiophene rings is 1. The lowest BCUT2D eigenvalue weighted by Gasteiger charge is -2.23. The predicted octanol–water partition coefficient (Wildman–Crippen LogP) is 4.42. The van der Waals surface area contributed by atoms with Crippen LogP contribution in [0, 0.1) is 0 Å². The number of benzene rings is 2. The zero-order chi connectivity index (χ0) is 21.5. The molecule has 1 atom stereocenters. The Labute approximate surface area is 190 Å². The second-order valence-corrected chi connectivity index (χ2v) is 9.16. The van der Waals surface area contributed by atoms with Crippen molar-refractivity contribution in [1.82, 2.24) is 5.01 Å². The lowest BCUT2D eigenvalue weighted by molar-refractivity contribution is -0.132. The molecule has 3 aromatic rings. The summed E-state index contributed by atoms with van der Waals surface area (Å²) in [5.74, 6) is -1.60. The van der Waals surface area contributed by atoms with Crippen molar-refractivity contribution in [1.29, 1.82) is 0 Å². The second-order valence-electron chi connectivity index (χ2n) is 7.27. The summed E-state index contributed by atoms with van der Waals surface area (Å²) in [6.07, 6.45) is 0.576. The molecule has 0 bridgehead atoms. The first-order chi connectivity index (χ1) is 15.0. The number of amides is 2. The van der Waals surface area contributed by atoms with Crippen LogP contribution >= 0.6 is 27.3 Å². The van der Waals surface area contributed by atoms with Gasteiger partial charge in [-0.2, -0.15) is 5.10 Å². The first-order valence-corrected chi connectivity index (χ1v) is 11.3. The van der Waals surface area contributed by atoms with Gasteiger partial charge in [-0.25, -0.2) is 5.01 Å². The van der Waals surface area contributed by atoms with Crippen molar-refractivity contribution in [3.05, 3.63) is 86.5 Å². The van der Waals surface area contributed by atoms with E-state index in [1.807, 2.05) is 41.8 Å². The lowest BCUT2D eigenvalue weighted by atomic mass is 10.0. The number of ketones is 1. The highest BCUT2D eigenvalue weighted by atomic mass is 79.9. The van der Waals surface area contributed by atoms with Crippen LogP contribution in [0.5, 0.6) is 0 Å². The topological polar surface area (TPSA) is 70.1 Å². The summed E-state index contributed by atoms with van der Waals surface area (Å²) in [6, 6.07) is 18.2. The minimum Gasteiger partial charge on any atom is -0.295 e. The quantitative estimate of drug-likeness (QED) is 0.505. The number of hydrogen-bond acceptors (Lipinski definition) is 5. The van der Waals surface area contributed by atoms with E-state index in [-0.39, 0.29) is 18.5 Å². The van der Waals surface area contributed by atoms with E-state index in [1.165, 1.54) is 9.91 Å². The zero-order valence-corrected chi connectivity index (χ0v) is 18.6. The molecule has 8 heteroatoms. The summed E-state index contributed by atoms with van der Waals surface area (Å²) in [5.41, 5.74) is 2.53. The highest BCUT2D eigenvalue weighted by Crippen LogP contribution is 2.36. The molecule has 2 aliphatic heterocycles. The van der Waals surface area contributed by atoms with Crippen molar-refractivity contribution in [2.24, 2.45) is 5.10 Å². The van der Waals surface area contributed by atoms with Crippen LogP contribution in [0.15, 0.2) is 75.6 Å². The standard InChI is InChI=1S/C23H16BrN3O3S/c24-15-6-3-5-14(11-15)17-12-19(20-9-4-10-31-20)27(25-17)21(28)13-26-18-8-2-1-7-16(18)22(29)23(26)30/h1-11,19H,12-13H2. The molecule has 0 aliphatic carbocycles. The Morgan fingerprint density at radius 3 is 2.71 bits per heavy atom. The zero-order valence-electron chi connectivity index (χ0n) is 16.2. The van der Waals surface area contributed by atoms with Gasteiger partial charge in [0.2, 0.25) is 0 Å². The molecule has 6 nitrogen and oxygen atoms in total. The fourth-order valence-corrected chi connectivity index (χ4v) is 5.11. The van der Waals surface area contributed by atoms with E-state index in [4.69, 9.17) is 0 Å². The minimum atomic E-state index is -0.683. The molecule has 2 aromatic carbocycles. The molecule has 0 saturated carbocycles. The first-order valence-electron chi connectivity index (χ1n) is 9.67. The van der Waals surface area contributed by atoms with Gasteiger partial charge in [-0.3, -0.25) is 19.3 Å². The van der Waals surface area contributed by atoms with Crippen LogP contribution in [-0.4, -0.2) is 34.9 Å². The maximum Gasteiger partial charge on any atom is 0.299 e. The number of anilines is 1. The van der Waals surface area contributed by atoms with Crippen LogP contribution in [-0.2, 0) is 9.59 Å². The lowest BCUT2D eigenvalue weighted by Crippen LogP contribution is -2.40. The van der Waals surface area contributed by atoms with Gasteiger partial charge in [0.25, 0.3) is 17.6 Å². The fourth-order valence-electron chi connectivity index (χ4n) is 3.90. The number of para-hydroxylation sites is 1. The summed E-state index contributed by atoms with van der Waals surface area (Å²) < 4.78 is 0.933. The maximum absolute atomic E-state index is 13.3. The number of nitrogens with zero attached hydrogens (tertiary/aromatic N) is 3. The Hall–Kier alpha value is -3.10. The van der Waals surface area contributed by atoms with Crippen LogP contribution in [0.4, 0.5) is 5.69 Å². The number of carbonyl (C=O) groups is 3. The van der Waals surface area contributed by atoms with Gasteiger partial charge in [-0.15, -0.1) is 11.3 Å². The summed E-state index contributed by atoms with van der Waals surface area (Å²) in [7, 11) is 0. The molecule has 0 radical (unpaired) electrons. The Morgan fingerprint density at radius 2 is 1.94 bits per heavy atom. The predicted molar refractivity (Wildman–Crippen MR) is 122 cm³/mol. The van der Waals surface area contributed by atoms with Gasteiger partial charge in [0.1, 0.15) is 6.54 Å². The normalized spacial score (nSPS) is 17.8. The van der Waals surface area contributed by atoms with Crippen LogP contribution < -0.4 is 4.90 Å². The molecular weight excluding hydrogens is 478 g/mol. The summed E-state index contributed by atoms with van der Waals surface area (Å²) in [5, 5.41) is 8.07. The monoisotopic (exact) mass is 493 g/mol. The van der Waals surface area contributed by atoms with E-state index >= 15 is 0 Å². The Kier molecular flexibility index (Phi) is 5.03. The Balaban J connectivity index is 1.47. The smallest absolute Gasteiger partial charge is 0.295 e. The van der Waals surface area contributed by atoms with Gasteiger partial charge in [-0.1, -0.05) is 46.3 Å². The van der Waals surface area contributed by atoms with E-state index in [0.717, 1.165) is 20.6 Å². The van der Waals surface area contributed by atoms with Crippen molar-refractivity contribution in [2.75, 3.05) is 11.4 Å². The third-order valence-electron chi connectivity index (χ3n) is 5.37. The highest BCUT2D eigenvalue weighted by molar-refractivity contribution is 9.10. The van der Waals surface area contributed by atoms with Gasteiger partial charge >= 0.3 is 0 Å². The largest absolute Gasteiger partial charge is 0.299 e. The number of hydrazone groups is 1. The van der Waals surface area contributed by atoms with Crippen molar-refractivity contribution < 1.29 is 14.4 Å². The number of fused-ring (bicyclic) bond motifs is 1. The Morgan fingerprint density at radius 1 is 1.10 bits per heavy atom. The average molecular weight is 494 g/mol. The number of carbonyl (C=O) groups excluding carboxylic acids is 3. The van der Waals surface area contributed by atoms with Crippen molar-refractivity contribution in [2.45, 2.75) is 12.5 Å². The maximum atomic E-state index is 13.3. The number of rotatable bonds is 4. The number of halogens is 1. The summed E-state index contributed by atoms with van der Waals surface area (Å²) in [4.78, 5) is 40.4. The van der Waals surface area contributed by atoms with Gasteiger partial charge in [0.15, 0.2) is 0 Å². The van der Waals surface area contributed by atoms with Crippen molar-refractivity contribution >= 4 is 56.3 Å². The first kappa shape index (κ1) is 19.8. The molecule has 0 fully saturated rings. The molecule has 0 spiro atoms. The molecule has 5 rings (SSSR count). The molecule has 2 amide bonds. The summed E-state index contributed by atoms with van der Waals surface area (Å²) >= 11 is 5.05. The molecule has 0 saturated heterocycles. The van der Waals surface area contributed by atoms with Gasteiger partial charge in [0.05, 0.1) is 23.0 Å². The molecule has 1 aromatic heterocycles. The fraction of sp³-hybridized carbons (Fsp3) is 0.130. The van der Waals surface area contributed by atoms with Gasteiger partial charge < -0.3 is 0 Å². The third-order valence-corrected chi connectivity index (χ3v) is 6.83. The molecule has 1 unspecified atom stereocenters. The molecule has 2 aliphatic rings.